The van der Waals surface area contributed by atoms with Crippen LogP contribution in [0.3, 0.4) is 0 Å². The minimum atomic E-state index is -0.493. The fraction of sp³-hybridized carbons (Fsp3) is 0.0189. The number of fused-ring (bicyclic) bond motifs is 17. The third-order valence-electron chi connectivity index (χ3n) is 12.4. The summed E-state index contributed by atoms with van der Waals surface area (Å²) in [7, 11) is 0. The Kier molecular flexibility index (Phi) is 6.07. The van der Waals surface area contributed by atoms with E-state index >= 15 is 0 Å². The summed E-state index contributed by atoms with van der Waals surface area (Å²) in [5.41, 5.74) is 17.5. The highest BCUT2D eigenvalue weighted by Crippen LogP contribution is 2.64. The van der Waals surface area contributed by atoms with Crippen molar-refractivity contribution in [2.75, 3.05) is 0 Å². The molecule has 0 bridgehead atoms. The van der Waals surface area contributed by atoms with E-state index in [1.54, 1.807) is 0 Å². The summed E-state index contributed by atoms with van der Waals surface area (Å²) < 4.78 is 8.65. The third-order valence-corrected chi connectivity index (χ3v) is 12.4. The molecule has 8 aromatic carbocycles. The highest BCUT2D eigenvalue weighted by atomic mass is 16.3. The van der Waals surface area contributed by atoms with Crippen LogP contribution in [-0.2, 0) is 5.41 Å². The van der Waals surface area contributed by atoms with Crippen LogP contribution in [0.1, 0.15) is 22.3 Å². The molecule has 0 fully saturated rings. The molecule has 0 saturated carbocycles. The molecule has 0 atom stereocenters. The molecule has 1 spiro atoms. The Hall–Kier alpha value is -7.56. The lowest BCUT2D eigenvalue weighted by Crippen LogP contribution is -2.26. The Morgan fingerprint density at radius 1 is 0.404 bits per heavy atom. The molecule has 0 aliphatic heterocycles. The van der Waals surface area contributed by atoms with E-state index in [1.165, 1.54) is 55.3 Å². The van der Waals surface area contributed by atoms with Crippen LogP contribution in [0.2, 0.25) is 0 Å². The van der Waals surface area contributed by atoms with Gasteiger partial charge in [0.05, 0.1) is 27.8 Å². The minimum Gasteiger partial charge on any atom is -0.456 e. The van der Waals surface area contributed by atoms with Gasteiger partial charge in [0, 0.05) is 32.7 Å². The summed E-state index contributed by atoms with van der Waals surface area (Å²) in [6.45, 7) is 0. The second-order valence-corrected chi connectivity index (χ2v) is 15.2. The zero-order valence-electron chi connectivity index (χ0n) is 30.6. The quantitative estimate of drug-likeness (QED) is 0.182. The summed E-state index contributed by atoms with van der Waals surface area (Å²) >= 11 is 0. The number of rotatable bonds is 3. The van der Waals surface area contributed by atoms with Crippen LogP contribution in [0.25, 0.3) is 94.5 Å². The maximum Gasteiger partial charge on any atom is 0.235 e. The first-order chi connectivity index (χ1) is 28.3. The first-order valence-electron chi connectivity index (χ1n) is 19.5. The maximum atomic E-state index is 6.36. The van der Waals surface area contributed by atoms with Crippen LogP contribution < -0.4 is 0 Å². The number of nitrogens with zero attached hydrogens (tertiary/aromatic N) is 3. The number of para-hydroxylation sites is 2. The van der Waals surface area contributed by atoms with Crippen molar-refractivity contribution in [2.45, 2.75) is 5.41 Å². The van der Waals surface area contributed by atoms with Crippen molar-refractivity contribution in [2.24, 2.45) is 0 Å². The van der Waals surface area contributed by atoms with E-state index in [-0.39, 0.29) is 0 Å². The molecule has 11 aromatic rings. The van der Waals surface area contributed by atoms with Crippen LogP contribution in [0.5, 0.6) is 0 Å². The van der Waals surface area contributed by atoms with E-state index in [0.717, 1.165) is 55.5 Å². The topological polar surface area (TPSA) is 43.9 Å². The maximum absolute atomic E-state index is 6.36. The van der Waals surface area contributed by atoms with Crippen molar-refractivity contribution >= 4 is 43.7 Å². The van der Waals surface area contributed by atoms with Crippen molar-refractivity contribution < 1.29 is 4.42 Å². The summed E-state index contributed by atoms with van der Waals surface area (Å²) in [5.74, 6) is 0.624. The highest BCUT2D eigenvalue weighted by Gasteiger charge is 2.52. The number of furan rings is 1. The minimum absolute atomic E-state index is 0.493. The first kappa shape index (κ1) is 30.7. The lowest BCUT2D eigenvalue weighted by atomic mass is 9.69. The van der Waals surface area contributed by atoms with Crippen molar-refractivity contribution in [3.63, 3.8) is 0 Å². The zero-order valence-corrected chi connectivity index (χ0v) is 30.6. The van der Waals surface area contributed by atoms with Crippen LogP contribution in [-0.4, -0.2) is 14.5 Å². The molecular formula is C53H31N3O. The molecule has 3 aromatic heterocycles. The molecular weight excluding hydrogens is 695 g/mol. The SMILES string of the molecule is c1ccc(-c2cc(-c3ccc4c(c3)oc3ccccc34)nc(-n3c4ccccc4c4c5c(ccc43)-c3ccccc3C53c4ccccc4-c4ccccc43)n2)cc1. The number of hydrogen-bond acceptors (Lipinski definition) is 3. The monoisotopic (exact) mass is 725 g/mol. The third kappa shape index (κ3) is 4.01. The summed E-state index contributed by atoms with van der Waals surface area (Å²) in [6, 6.07) is 67.6. The predicted octanol–water partition coefficient (Wildman–Crippen LogP) is 13.2. The van der Waals surface area contributed by atoms with Gasteiger partial charge >= 0.3 is 0 Å². The average Bonchev–Trinajstić information content (AvgIpc) is 4.00. The summed E-state index contributed by atoms with van der Waals surface area (Å²) in [5, 5.41) is 4.60. The van der Waals surface area contributed by atoms with E-state index < -0.39 is 5.41 Å². The molecule has 4 nitrogen and oxygen atoms in total. The molecule has 264 valence electrons. The molecule has 0 radical (unpaired) electrons. The molecule has 2 aliphatic rings. The Bertz CT molecular complexity index is 3420. The smallest absolute Gasteiger partial charge is 0.235 e. The Balaban J connectivity index is 1.13. The van der Waals surface area contributed by atoms with Gasteiger partial charge in [0.15, 0.2) is 0 Å². The van der Waals surface area contributed by atoms with Gasteiger partial charge in [-0.3, -0.25) is 4.57 Å². The van der Waals surface area contributed by atoms with Gasteiger partial charge in [0.25, 0.3) is 0 Å². The van der Waals surface area contributed by atoms with Crippen molar-refractivity contribution in [1.82, 2.24) is 14.5 Å². The zero-order chi connectivity index (χ0) is 37.2. The average molecular weight is 726 g/mol. The molecule has 0 saturated heterocycles. The van der Waals surface area contributed by atoms with Gasteiger partial charge in [-0.25, -0.2) is 9.97 Å². The molecule has 0 N–H and O–H groups in total. The van der Waals surface area contributed by atoms with Crippen molar-refractivity contribution in [3.8, 4) is 50.7 Å². The standard InChI is InChI=1S/C53H31N3O/c1-2-14-32(15-3-1)44-31-45(33-26-27-38-37-19-8-13-25-48(37)57-49(38)30-33)55-52(54-44)56-46-24-12-7-20-40(46)50-47(56)29-28-39-36-18-6-11-23-43(36)53(51(39)50)41-21-9-4-16-34(41)35-17-5-10-22-42(35)53/h1-31H. The molecule has 0 unspecified atom stereocenters. The van der Waals surface area contributed by atoms with Gasteiger partial charge in [0.1, 0.15) is 11.2 Å². The molecule has 2 aliphatic carbocycles. The molecule has 57 heavy (non-hydrogen) atoms. The van der Waals surface area contributed by atoms with E-state index in [1.807, 2.05) is 18.2 Å². The van der Waals surface area contributed by atoms with Gasteiger partial charge in [0.2, 0.25) is 5.95 Å². The largest absolute Gasteiger partial charge is 0.456 e. The van der Waals surface area contributed by atoms with Crippen LogP contribution in [0.4, 0.5) is 0 Å². The number of benzene rings is 8. The normalized spacial score (nSPS) is 13.4. The molecule has 0 amide bonds. The Labute approximate surface area is 328 Å². The van der Waals surface area contributed by atoms with Crippen LogP contribution in [0, 0.1) is 0 Å². The fourth-order valence-corrected chi connectivity index (χ4v) is 10.2. The number of hydrogen-bond donors (Lipinski definition) is 0. The summed E-state index contributed by atoms with van der Waals surface area (Å²) in [6.07, 6.45) is 0. The van der Waals surface area contributed by atoms with Gasteiger partial charge in [-0.05, 0) is 80.9 Å². The Morgan fingerprint density at radius 2 is 0.982 bits per heavy atom. The van der Waals surface area contributed by atoms with Gasteiger partial charge in [-0.15, -0.1) is 0 Å². The first-order valence-corrected chi connectivity index (χ1v) is 19.5. The van der Waals surface area contributed by atoms with E-state index in [9.17, 15) is 0 Å². The van der Waals surface area contributed by atoms with Gasteiger partial charge in [-0.2, -0.15) is 0 Å². The second kappa shape index (κ2) is 11.2. The van der Waals surface area contributed by atoms with E-state index in [0.29, 0.717) is 5.95 Å². The molecule has 13 rings (SSSR count). The Morgan fingerprint density at radius 3 is 1.72 bits per heavy atom. The van der Waals surface area contributed by atoms with E-state index in [4.69, 9.17) is 14.4 Å². The lowest BCUT2D eigenvalue weighted by Gasteiger charge is -2.31. The highest BCUT2D eigenvalue weighted by molar-refractivity contribution is 6.16. The van der Waals surface area contributed by atoms with E-state index in [2.05, 4.69) is 174 Å². The lowest BCUT2D eigenvalue weighted by molar-refractivity contribution is 0.669. The predicted molar refractivity (Wildman–Crippen MR) is 231 cm³/mol. The van der Waals surface area contributed by atoms with Crippen LogP contribution >= 0.6 is 0 Å². The van der Waals surface area contributed by atoms with Crippen LogP contribution in [0.15, 0.2) is 192 Å². The summed E-state index contributed by atoms with van der Waals surface area (Å²) in [4.78, 5) is 10.8. The van der Waals surface area contributed by atoms with Crippen molar-refractivity contribution in [3.05, 3.63) is 210 Å². The van der Waals surface area contributed by atoms with Gasteiger partial charge in [-0.1, -0.05) is 152 Å². The molecule has 4 heteroatoms. The number of aromatic nitrogens is 3. The molecule has 3 heterocycles. The van der Waals surface area contributed by atoms with Gasteiger partial charge < -0.3 is 4.42 Å². The second-order valence-electron chi connectivity index (χ2n) is 15.2. The fourth-order valence-electron chi connectivity index (χ4n) is 10.2. The van der Waals surface area contributed by atoms with Crippen molar-refractivity contribution in [1.29, 1.82) is 0 Å².